The number of aromatic nitrogens is 2. The van der Waals surface area contributed by atoms with Crippen molar-refractivity contribution in [3.63, 3.8) is 0 Å². The normalized spacial score (nSPS) is 10.8. The predicted molar refractivity (Wildman–Crippen MR) is 72.6 cm³/mol. The average molecular weight is 250 g/mol. The minimum atomic E-state index is -0.119. The fourth-order valence-electron chi connectivity index (χ4n) is 1.35. The summed E-state index contributed by atoms with van der Waals surface area (Å²) < 4.78 is 0. The van der Waals surface area contributed by atoms with Crippen LogP contribution in [0.25, 0.3) is 0 Å². The fraction of sp³-hybridized carbons (Fsp3) is 0.615. The van der Waals surface area contributed by atoms with E-state index < -0.39 is 0 Å². The van der Waals surface area contributed by atoms with E-state index in [0.29, 0.717) is 24.0 Å². The SMILES string of the molecule is CC(C)CCNC(=O)c1cnc(NC(C)C)nc1. The molecular weight excluding hydrogens is 228 g/mol. The zero-order chi connectivity index (χ0) is 13.5. The van der Waals surface area contributed by atoms with Crippen LogP contribution >= 0.6 is 0 Å². The summed E-state index contributed by atoms with van der Waals surface area (Å²) in [5, 5.41) is 5.93. The van der Waals surface area contributed by atoms with Gasteiger partial charge in [0, 0.05) is 25.0 Å². The van der Waals surface area contributed by atoms with E-state index in [1.807, 2.05) is 13.8 Å². The number of nitrogens with one attached hydrogen (secondary N) is 2. The van der Waals surface area contributed by atoms with Gasteiger partial charge in [0.1, 0.15) is 0 Å². The third-order valence-electron chi connectivity index (χ3n) is 2.34. The maximum atomic E-state index is 11.7. The molecular formula is C13H22N4O. The quantitative estimate of drug-likeness (QED) is 0.811. The lowest BCUT2D eigenvalue weighted by molar-refractivity contribution is 0.0951. The van der Waals surface area contributed by atoms with Crippen LogP contribution in [-0.4, -0.2) is 28.5 Å². The summed E-state index contributed by atoms with van der Waals surface area (Å²) in [5.41, 5.74) is 0.494. The minimum absolute atomic E-state index is 0.119. The number of nitrogens with zero attached hydrogens (tertiary/aromatic N) is 2. The number of carbonyl (C=O) groups is 1. The van der Waals surface area contributed by atoms with Crippen LogP contribution in [0, 0.1) is 5.92 Å². The van der Waals surface area contributed by atoms with Crippen molar-refractivity contribution in [3.8, 4) is 0 Å². The Kier molecular flexibility index (Phi) is 5.55. The van der Waals surface area contributed by atoms with Gasteiger partial charge in [0.2, 0.25) is 5.95 Å². The van der Waals surface area contributed by atoms with Gasteiger partial charge in [-0.05, 0) is 26.2 Å². The molecule has 1 aromatic rings. The van der Waals surface area contributed by atoms with Crippen LogP contribution in [0.1, 0.15) is 44.5 Å². The van der Waals surface area contributed by atoms with E-state index in [2.05, 4.69) is 34.4 Å². The fourth-order valence-corrected chi connectivity index (χ4v) is 1.35. The number of anilines is 1. The van der Waals surface area contributed by atoms with Gasteiger partial charge in [-0.15, -0.1) is 0 Å². The van der Waals surface area contributed by atoms with Crippen LogP contribution in [0.3, 0.4) is 0 Å². The van der Waals surface area contributed by atoms with Gasteiger partial charge in [-0.1, -0.05) is 13.8 Å². The number of rotatable bonds is 6. The number of hydrogen-bond acceptors (Lipinski definition) is 4. The summed E-state index contributed by atoms with van der Waals surface area (Å²) in [5.74, 6) is 1.01. The van der Waals surface area contributed by atoms with Crippen molar-refractivity contribution in [2.24, 2.45) is 5.92 Å². The van der Waals surface area contributed by atoms with Crippen molar-refractivity contribution < 1.29 is 4.79 Å². The van der Waals surface area contributed by atoms with Gasteiger partial charge in [0.15, 0.2) is 0 Å². The van der Waals surface area contributed by atoms with E-state index in [4.69, 9.17) is 0 Å². The van der Waals surface area contributed by atoms with E-state index in [0.717, 1.165) is 6.42 Å². The second kappa shape index (κ2) is 6.93. The molecule has 0 saturated heterocycles. The van der Waals surface area contributed by atoms with Crippen molar-refractivity contribution in [2.75, 3.05) is 11.9 Å². The number of carbonyl (C=O) groups excluding carboxylic acids is 1. The van der Waals surface area contributed by atoms with Crippen molar-refractivity contribution in [3.05, 3.63) is 18.0 Å². The number of amides is 1. The Balaban J connectivity index is 2.48. The molecule has 100 valence electrons. The van der Waals surface area contributed by atoms with Crippen molar-refractivity contribution in [1.82, 2.24) is 15.3 Å². The lowest BCUT2D eigenvalue weighted by atomic mass is 10.1. The van der Waals surface area contributed by atoms with Gasteiger partial charge >= 0.3 is 0 Å². The smallest absolute Gasteiger partial charge is 0.254 e. The second-order valence-corrected chi connectivity index (χ2v) is 5.03. The van der Waals surface area contributed by atoms with Gasteiger partial charge in [0.25, 0.3) is 5.91 Å². The van der Waals surface area contributed by atoms with Crippen LogP contribution in [0.4, 0.5) is 5.95 Å². The molecule has 1 rings (SSSR count). The summed E-state index contributed by atoms with van der Waals surface area (Å²) in [6, 6.07) is 0.274. The first-order valence-electron chi connectivity index (χ1n) is 6.35. The molecule has 0 aliphatic rings. The molecule has 0 saturated carbocycles. The Morgan fingerprint density at radius 3 is 2.33 bits per heavy atom. The topological polar surface area (TPSA) is 66.9 Å². The summed E-state index contributed by atoms with van der Waals surface area (Å²) in [7, 11) is 0. The van der Waals surface area contributed by atoms with Crippen molar-refractivity contribution in [1.29, 1.82) is 0 Å². The van der Waals surface area contributed by atoms with Crippen LogP contribution in [-0.2, 0) is 0 Å². The zero-order valence-corrected chi connectivity index (χ0v) is 11.5. The van der Waals surface area contributed by atoms with E-state index in [9.17, 15) is 4.79 Å². The molecule has 0 radical (unpaired) electrons. The largest absolute Gasteiger partial charge is 0.352 e. The Hall–Kier alpha value is -1.65. The lowest BCUT2D eigenvalue weighted by Gasteiger charge is -2.09. The highest BCUT2D eigenvalue weighted by molar-refractivity contribution is 5.93. The van der Waals surface area contributed by atoms with Gasteiger partial charge < -0.3 is 10.6 Å². The summed E-state index contributed by atoms with van der Waals surface area (Å²) in [4.78, 5) is 19.9. The summed E-state index contributed by atoms with van der Waals surface area (Å²) in [6.07, 6.45) is 4.06. The van der Waals surface area contributed by atoms with Crippen molar-refractivity contribution in [2.45, 2.75) is 40.2 Å². The van der Waals surface area contributed by atoms with Gasteiger partial charge in [-0.25, -0.2) is 9.97 Å². The Bertz CT molecular complexity index is 373. The average Bonchev–Trinajstić information content (AvgIpc) is 2.28. The molecule has 18 heavy (non-hydrogen) atoms. The molecule has 2 N–H and O–H groups in total. The molecule has 0 aliphatic carbocycles. The minimum Gasteiger partial charge on any atom is -0.352 e. The molecule has 5 nitrogen and oxygen atoms in total. The Morgan fingerprint density at radius 2 is 1.83 bits per heavy atom. The predicted octanol–water partition coefficient (Wildman–Crippen LogP) is 2.07. The maximum absolute atomic E-state index is 11.7. The zero-order valence-electron chi connectivity index (χ0n) is 11.5. The molecule has 0 bridgehead atoms. The third-order valence-corrected chi connectivity index (χ3v) is 2.34. The highest BCUT2D eigenvalue weighted by Crippen LogP contribution is 2.02. The number of hydrogen-bond donors (Lipinski definition) is 2. The highest BCUT2D eigenvalue weighted by atomic mass is 16.1. The van der Waals surface area contributed by atoms with E-state index >= 15 is 0 Å². The molecule has 1 heterocycles. The molecule has 0 fully saturated rings. The van der Waals surface area contributed by atoms with E-state index in [-0.39, 0.29) is 11.9 Å². The van der Waals surface area contributed by atoms with E-state index in [1.54, 1.807) is 12.4 Å². The van der Waals surface area contributed by atoms with Gasteiger partial charge in [-0.3, -0.25) is 4.79 Å². The van der Waals surface area contributed by atoms with Crippen LogP contribution in [0.5, 0.6) is 0 Å². The monoisotopic (exact) mass is 250 g/mol. The Labute approximate surface area is 108 Å². The first-order chi connectivity index (χ1) is 8.49. The molecule has 0 aliphatic heterocycles. The second-order valence-electron chi connectivity index (χ2n) is 5.03. The van der Waals surface area contributed by atoms with Gasteiger partial charge in [0.05, 0.1) is 5.56 Å². The first kappa shape index (κ1) is 14.4. The summed E-state index contributed by atoms with van der Waals surface area (Å²) in [6.45, 7) is 8.96. The molecule has 1 aromatic heterocycles. The molecule has 5 heteroatoms. The molecule has 0 spiro atoms. The van der Waals surface area contributed by atoms with Gasteiger partial charge in [-0.2, -0.15) is 0 Å². The van der Waals surface area contributed by atoms with Crippen LogP contribution in [0.15, 0.2) is 12.4 Å². The standard InChI is InChI=1S/C13H22N4O/c1-9(2)5-6-14-12(18)11-7-15-13(16-8-11)17-10(3)4/h7-10H,5-6H2,1-4H3,(H,14,18)(H,15,16,17). The van der Waals surface area contributed by atoms with E-state index in [1.165, 1.54) is 0 Å². The van der Waals surface area contributed by atoms with Crippen LogP contribution < -0.4 is 10.6 Å². The maximum Gasteiger partial charge on any atom is 0.254 e. The Morgan fingerprint density at radius 1 is 1.22 bits per heavy atom. The summed E-state index contributed by atoms with van der Waals surface area (Å²) >= 11 is 0. The molecule has 0 aromatic carbocycles. The first-order valence-corrected chi connectivity index (χ1v) is 6.35. The molecule has 0 unspecified atom stereocenters. The lowest BCUT2D eigenvalue weighted by Crippen LogP contribution is -2.25. The molecule has 1 amide bonds. The third kappa shape index (κ3) is 5.12. The highest BCUT2D eigenvalue weighted by Gasteiger charge is 2.07. The van der Waals surface area contributed by atoms with Crippen LogP contribution in [0.2, 0.25) is 0 Å². The van der Waals surface area contributed by atoms with Crippen molar-refractivity contribution >= 4 is 11.9 Å². The molecule has 0 atom stereocenters.